The van der Waals surface area contributed by atoms with Crippen molar-refractivity contribution in [2.45, 2.75) is 10.9 Å². The van der Waals surface area contributed by atoms with Gasteiger partial charge in [-0.3, -0.25) is 0 Å². The van der Waals surface area contributed by atoms with Crippen molar-refractivity contribution in [1.29, 1.82) is 0 Å². The Morgan fingerprint density at radius 3 is 2.44 bits per heavy atom. The fraction of sp³-hybridized carbons (Fsp3) is 0.0833. The first-order valence-electron chi connectivity index (χ1n) is 10.4. The molecule has 0 fully saturated rings. The van der Waals surface area contributed by atoms with E-state index in [2.05, 4.69) is 20.1 Å². The van der Waals surface area contributed by atoms with Crippen LogP contribution in [0.15, 0.2) is 89.8 Å². The smallest absolute Gasteiger partial charge is 0.264 e. The van der Waals surface area contributed by atoms with Gasteiger partial charge in [-0.1, -0.05) is 60.1 Å². The van der Waals surface area contributed by atoms with E-state index in [1.807, 2.05) is 42.5 Å². The second-order valence-electron chi connectivity index (χ2n) is 7.52. The number of aromatic nitrogens is 3. The molecule has 0 saturated heterocycles. The van der Waals surface area contributed by atoms with Gasteiger partial charge in [-0.25, -0.2) is 17.8 Å². The lowest BCUT2D eigenvalue weighted by Crippen LogP contribution is -2.20. The number of nitrogens with zero attached hydrogens (tertiary/aromatic N) is 3. The summed E-state index contributed by atoms with van der Waals surface area (Å²) in [6, 6.07) is 22.7. The Kier molecular flexibility index (Phi) is 5.72. The van der Waals surface area contributed by atoms with Crippen LogP contribution in [0.4, 0.5) is 11.9 Å². The number of allylic oxidation sites excluding steroid dienone is 1. The molecule has 3 aromatic carbocycles. The van der Waals surface area contributed by atoms with E-state index < -0.39 is 16.1 Å². The van der Waals surface area contributed by atoms with Gasteiger partial charge in [0.25, 0.3) is 16.0 Å². The molecule has 34 heavy (non-hydrogen) atoms. The Morgan fingerprint density at radius 2 is 1.71 bits per heavy atom. The maximum atomic E-state index is 12.8. The molecule has 0 unspecified atom stereocenters. The Bertz CT molecular complexity index is 1470. The third-order valence-electron chi connectivity index (χ3n) is 5.36. The molecule has 1 aromatic heterocycles. The van der Waals surface area contributed by atoms with Gasteiger partial charge in [0.05, 0.1) is 12.0 Å². The van der Waals surface area contributed by atoms with E-state index in [9.17, 15) is 8.42 Å². The maximum Gasteiger partial charge on any atom is 0.264 e. The number of para-hydroxylation sites is 1. The Labute approximate surface area is 201 Å². The molecule has 0 radical (unpaired) electrons. The molecule has 0 bridgehead atoms. The van der Waals surface area contributed by atoms with Gasteiger partial charge in [0.15, 0.2) is 0 Å². The van der Waals surface area contributed by atoms with E-state index in [1.54, 1.807) is 42.1 Å². The third kappa shape index (κ3) is 4.23. The molecule has 1 atom stereocenters. The summed E-state index contributed by atoms with van der Waals surface area (Å²) in [4.78, 5) is 4.55. The number of nitrogens with one attached hydrogen (secondary N) is 2. The minimum absolute atomic E-state index is 0.0444. The first-order chi connectivity index (χ1) is 16.4. The van der Waals surface area contributed by atoms with E-state index in [1.165, 1.54) is 12.1 Å². The summed E-state index contributed by atoms with van der Waals surface area (Å²) in [6.07, 6.45) is 1.98. The molecule has 10 heteroatoms. The van der Waals surface area contributed by atoms with Gasteiger partial charge in [-0.2, -0.15) is 4.98 Å². The van der Waals surface area contributed by atoms with Crippen LogP contribution in [0.25, 0.3) is 5.70 Å². The lowest BCUT2D eigenvalue weighted by Gasteiger charge is -2.25. The Balaban J connectivity index is 1.58. The minimum Gasteiger partial charge on any atom is -0.496 e. The molecule has 0 spiro atoms. The van der Waals surface area contributed by atoms with E-state index in [-0.39, 0.29) is 10.8 Å². The number of halogens is 1. The first kappa shape index (κ1) is 22.0. The number of hydrogen-bond acceptors (Lipinski definition) is 6. The minimum atomic E-state index is -3.85. The standard InChI is InChI=1S/C24H20ClN5O3S/c1-33-22-10-6-5-9-19(22)21-15-20(16-11-13-17(25)14-12-16)26-24-27-23(28-30(21)24)29-34(31,32)18-7-3-2-4-8-18/h2-15,21H,1H3,(H2,26,27,28,29)/t21-/m1/s1. The summed E-state index contributed by atoms with van der Waals surface area (Å²) in [5, 5.41) is 8.34. The van der Waals surface area contributed by atoms with Gasteiger partial charge in [-0.05, 0) is 42.0 Å². The van der Waals surface area contributed by atoms with Crippen molar-refractivity contribution in [3.05, 3.63) is 101 Å². The van der Waals surface area contributed by atoms with E-state index in [0.29, 0.717) is 16.7 Å². The first-order valence-corrected chi connectivity index (χ1v) is 12.2. The Morgan fingerprint density at radius 1 is 1.00 bits per heavy atom. The molecule has 0 aliphatic carbocycles. The lowest BCUT2D eigenvalue weighted by molar-refractivity contribution is 0.404. The zero-order chi connectivity index (χ0) is 23.7. The maximum absolute atomic E-state index is 12.8. The predicted molar refractivity (Wildman–Crippen MR) is 131 cm³/mol. The van der Waals surface area contributed by atoms with Crippen LogP contribution in [0.5, 0.6) is 5.75 Å². The van der Waals surface area contributed by atoms with Crippen LogP contribution >= 0.6 is 11.6 Å². The average Bonchev–Trinajstić information content (AvgIpc) is 3.26. The molecule has 172 valence electrons. The number of fused-ring (bicyclic) bond motifs is 1. The monoisotopic (exact) mass is 493 g/mol. The SMILES string of the molecule is COc1ccccc1[C@H]1C=C(c2ccc(Cl)cc2)Nc2nc(NS(=O)(=O)c3ccccc3)nn21. The number of sulfonamides is 1. The molecule has 2 heterocycles. The highest BCUT2D eigenvalue weighted by Gasteiger charge is 2.28. The molecule has 2 N–H and O–H groups in total. The van der Waals surface area contributed by atoms with Crippen molar-refractivity contribution < 1.29 is 13.2 Å². The van der Waals surface area contributed by atoms with Gasteiger partial charge in [0, 0.05) is 16.3 Å². The lowest BCUT2D eigenvalue weighted by atomic mass is 10.0. The summed E-state index contributed by atoms with van der Waals surface area (Å²) in [7, 11) is -2.25. The van der Waals surface area contributed by atoms with E-state index >= 15 is 0 Å². The van der Waals surface area contributed by atoms with Crippen molar-refractivity contribution >= 4 is 39.2 Å². The summed E-state index contributed by atoms with van der Waals surface area (Å²) in [5.74, 6) is 1.01. The van der Waals surface area contributed by atoms with Gasteiger partial charge in [-0.15, -0.1) is 5.10 Å². The van der Waals surface area contributed by atoms with E-state index in [0.717, 1.165) is 16.8 Å². The predicted octanol–water partition coefficient (Wildman–Crippen LogP) is 4.80. The van der Waals surface area contributed by atoms with Crippen molar-refractivity contribution in [2.75, 3.05) is 17.1 Å². The molecular weight excluding hydrogens is 474 g/mol. The van der Waals surface area contributed by atoms with Gasteiger partial charge in [0.2, 0.25) is 5.95 Å². The largest absolute Gasteiger partial charge is 0.496 e. The zero-order valence-electron chi connectivity index (χ0n) is 18.0. The second kappa shape index (κ2) is 8.85. The number of ether oxygens (including phenoxy) is 1. The fourth-order valence-electron chi connectivity index (χ4n) is 3.75. The quantitative estimate of drug-likeness (QED) is 0.400. The van der Waals surface area contributed by atoms with Gasteiger partial charge < -0.3 is 10.1 Å². The molecule has 8 nitrogen and oxygen atoms in total. The van der Waals surface area contributed by atoms with Gasteiger partial charge in [0.1, 0.15) is 11.8 Å². The highest BCUT2D eigenvalue weighted by atomic mass is 35.5. The zero-order valence-corrected chi connectivity index (χ0v) is 19.6. The molecule has 1 aliphatic heterocycles. The number of benzene rings is 3. The van der Waals surface area contributed by atoms with Crippen molar-refractivity contribution in [3.63, 3.8) is 0 Å². The molecule has 0 saturated carbocycles. The number of methoxy groups -OCH3 is 1. The van der Waals surface area contributed by atoms with Crippen LogP contribution in [0.2, 0.25) is 5.02 Å². The molecule has 5 rings (SSSR count). The van der Waals surface area contributed by atoms with E-state index in [4.69, 9.17) is 16.3 Å². The average molecular weight is 494 g/mol. The van der Waals surface area contributed by atoms with Crippen molar-refractivity contribution in [1.82, 2.24) is 14.8 Å². The third-order valence-corrected chi connectivity index (χ3v) is 6.95. The number of rotatable bonds is 6. The highest BCUT2D eigenvalue weighted by molar-refractivity contribution is 7.92. The summed E-state index contributed by atoms with van der Waals surface area (Å²) in [6.45, 7) is 0. The van der Waals surface area contributed by atoms with Gasteiger partial charge >= 0.3 is 0 Å². The van der Waals surface area contributed by atoms with Crippen LogP contribution in [0.3, 0.4) is 0 Å². The number of hydrogen-bond donors (Lipinski definition) is 2. The summed E-state index contributed by atoms with van der Waals surface area (Å²) >= 11 is 6.06. The molecule has 1 aliphatic rings. The van der Waals surface area contributed by atoms with Crippen LogP contribution < -0.4 is 14.8 Å². The highest BCUT2D eigenvalue weighted by Crippen LogP contribution is 2.37. The topological polar surface area (TPSA) is 98.1 Å². The van der Waals surface area contributed by atoms with Crippen molar-refractivity contribution in [2.24, 2.45) is 0 Å². The normalized spacial score (nSPS) is 15.1. The molecular formula is C24H20ClN5O3S. The summed E-state index contributed by atoms with van der Waals surface area (Å²) < 4.78 is 35.3. The number of anilines is 2. The summed E-state index contributed by atoms with van der Waals surface area (Å²) in [5.41, 5.74) is 2.52. The van der Waals surface area contributed by atoms with Crippen LogP contribution in [-0.2, 0) is 10.0 Å². The molecule has 4 aromatic rings. The van der Waals surface area contributed by atoms with Crippen LogP contribution in [-0.4, -0.2) is 30.3 Å². The van der Waals surface area contributed by atoms with Crippen LogP contribution in [0, 0.1) is 0 Å². The fourth-order valence-corrected chi connectivity index (χ4v) is 4.83. The van der Waals surface area contributed by atoms with Crippen LogP contribution in [0.1, 0.15) is 17.2 Å². The Hall–Kier alpha value is -3.82. The second-order valence-corrected chi connectivity index (χ2v) is 9.64. The molecule has 0 amide bonds. The van der Waals surface area contributed by atoms with Crippen molar-refractivity contribution in [3.8, 4) is 5.75 Å².